The van der Waals surface area contributed by atoms with Gasteiger partial charge in [0.1, 0.15) is 5.69 Å². The van der Waals surface area contributed by atoms with Crippen LogP contribution in [0.5, 0.6) is 0 Å². The van der Waals surface area contributed by atoms with E-state index in [0.29, 0.717) is 5.76 Å². The van der Waals surface area contributed by atoms with Gasteiger partial charge in [-0.3, -0.25) is 0 Å². The Labute approximate surface area is 75.4 Å². The zero-order valence-corrected chi connectivity index (χ0v) is 7.19. The molecule has 0 saturated carbocycles. The summed E-state index contributed by atoms with van der Waals surface area (Å²) in [5.74, 6) is 0.976. The summed E-state index contributed by atoms with van der Waals surface area (Å²) in [4.78, 5) is 7.96. The molecule has 4 nitrogen and oxygen atoms in total. The fourth-order valence-electron chi connectivity index (χ4n) is 1.12. The number of hydrogen-bond donors (Lipinski definition) is 1. The third-order valence-corrected chi connectivity index (χ3v) is 1.74. The quantitative estimate of drug-likeness (QED) is 0.715. The van der Waals surface area contributed by atoms with Gasteiger partial charge in [-0.25, -0.2) is 9.97 Å². The van der Waals surface area contributed by atoms with Crippen LogP contribution in [0.2, 0.25) is 0 Å². The van der Waals surface area contributed by atoms with Gasteiger partial charge in [-0.2, -0.15) is 0 Å². The van der Waals surface area contributed by atoms with Crippen LogP contribution in [0.4, 0.5) is 5.95 Å². The Balaban J connectivity index is 2.57. The minimum atomic E-state index is 0.261. The van der Waals surface area contributed by atoms with Crippen LogP contribution in [0.15, 0.2) is 29.0 Å². The van der Waals surface area contributed by atoms with Gasteiger partial charge < -0.3 is 10.2 Å². The SMILES string of the molecule is Cc1cnc(N)nc1-c1ccco1. The summed E-state index contributed by atoms with van der Waals surface area (Å²) in [5.41, 5.74) is 7.17. The molecule has 2 rings (SSSR count). The van der Waals surface area contributed by atoms with Crippen LogP contribution >= 0.6 is 0 Å². The highest BCUT2D eigenvalue weighted by Gasteiger charge is 2.06. The zero-order valence-electron chi connectivity index (χ0n) is 7.19. The molecule has 2 N–H and O–H groups in total. The van der Waals surface area contributed by atoms with Crippen LogP contribution in [0, 0.1) is 6.92 Å². The third kappa shape index (κ3) is 1.38. The van der Waals surface area contributed by atoms with E-state index >= 15 is 0 Å². The van der Waals surface area contributed by atoms with Gasteiger partial charge >= 0.3 is 0 Å². The highest BCUT2D eigenvalue weighted by molar-refractivity contribution is 5.57. The van der Waals surface area contributed by atoms with E-state index in [4.69, 9.17) is 10.2 Å². The number of nitrogens with two attached hydrogens (primary N) is 1. The molecule has 2 heterocycles. The molecule has 2 aromatic rings. The fourth-order valence-corrected chi connectivity index (χ4v) is 1.12. The highest BCUT2D eigenvalue weighted by Crippen LogP contribution is 2.20. The van der Waals surface area contributed by atoms with Gasteiger partial charge in [-0.15, -0.1) is 0 Å². The molecule has 0 fully saturated rings. The van der Waals surface area contributed by atoms with Crippen molar-refractivity contribution in [3.8, 4) is 11.5 Å². The van der Waals surface area contributed by atoms with Crippen molar-refractivity contribution in [1.29, 1.82) is 0 Å². The van der Waals surface area contributed by atoms with E-state index in [9.17, 15) is 0 Å². The Morgan fingerprint density at radius 2 is 2.31 bits per heavy atom. The zero-order chi connectivity index (χ0) is 9.26. The summed E-state index contributed by atoms with van der Waals surface area (Å²) >= 11 is 0. The van der Waals surface area contributed by atoms with Crippen LogP contribution < -0.4 is 5.73 Å². The Morgan fingerprint density at radius 1 is 1.46 bits per heavy atom. The Hall–Kier alpha value is -1.84. The number of rotatable bonds is 1. The van der Waals surface area contributed by atoms with Gasteiger partial charge in [0.05, 0.1) is 6.26 Å². The molecular formula is C9H9N3O. The lowest BCUT2D eigenvalue weighted by Crippen LogP contribution is -1.97. The average Bonchev–Trinajstić information content (AvgIpc) is 2.61. The molecule has 0 aliphatic rings. The maximum Gasteiger partial charge on any atom is 0.220 e. The van der Waals surface area contributed by atoms with Crippen molar-refractivity contribution in [3.63, 3.8) is 0 Å². The topological polar surface area (TPSA) is 64.9 Å². The molecule has 66 valence electrons. The molecule has 0 radical (unpaired) electrons. The lowest BCUT2D eigenvalue weighted by Gasteiger charge is -2.00. The monoisotopic (exact) mass is 175 g/mol. The first-order valence-corrected chi connectivity index (χ1v) is 3.90. The van der Waals surface area contributed by atoms with E-state index in [1.807, 2.05) is 19.1 Å². The molecule has 0 aliphatic heterocycles. The first-order chi connectivity index (χ1) is 6.27. The van der Waals surface area contributed by atoms with E-state index in [0.717, 1.165) is 11.3 Å². The molecule has 0 unspecified atom stereocenters. The summed E-state index contributed by atoms with van der Waals surface area (Å²) in [5, 5.41) is 0. The number of furan rings is 1. The van der Waals surface area contributed by atoms with Crippen molar-refractivity contribution in [2.75, 3.05) is 5.73 Å². The molecule has 0 spiro atoms. The summed E-state index contributed by atoms with van der Waals surface area (Å²) in [6, 6.07) is 3.65. The first-order valence-electron chi connectivity index (χ1n) is 3.90. The van der Waals surface area contributed by atoms with Gasteiger partial charge in [0, 0.05) is 6.20 Å². The average molecular weight is 175 g/mol. The normalized spacial score (nSPS) is 10.2. The van der Waals surface area contributed by atoms with Crippen molar-refractivity contribution in [3.05, 3.63) is 30.2 Å². The Bertz CT molecular complexity index is 409. The van der Waals surface area contributed by atoms with Gasteiger partial charge in [0.2, 0.25) is 5.95 Å². The molecular weight excluding hydrogens is 166 g/mol. The Kier molecular flexibility index (Phi) is 1.73. The molecule has 0 aliphatic carbocycles. The fraction of sp³-hybridized carbons (Fsp3) is 0.111. The standard InChI is InChI=1S/C9H9N3O/c1-6-5-11-9(10)12-8(6)7-3-2-4-13-7/h2-5H,1H3,(H2,10,11,12). The predicted octanol–water partition coefficient (Wildman–Crippen LogP) is 1.63. The molecule has 4 heteroatoms. The van der Waals surface area contributed by atoms with E-state index < -0.39 is 0 Å². The van der Waals surface area contributed by atoms with Gasteiger partial charge in [0.25, 0.3) is 0 Å². The molecule has 2 aromatic heterocycles. The van der Waals surface area contributed by atoms with Crippen molar-refractivity contribution in [2.45, 2.75) is 6.92 Å². The predicted molar refractivity (Wildman–Crippen MR) is 48.9 cm³/mol. The van der Waals surface area contributed by atoms with Crippen LogP contribution in [0.1, 0.15) is 5.56 Å². The molecule has 0 aromatic carbocycles. The highest BCUT2D eigenvalue weighted by atomic mass is 16.3. The second-order valence-corrected chi connectivity index (χ2v) is 2.74. The second kappa shape index (κ2) is 2.90. The van der Waals surface area contributed by atoms with Crippen LogP contribution in [0.25, 0.3) is 11.5 Å². The minimum absolute atomic E-state index is 0.261. The lowest BCUT2D eigenvalue weighted by atomic mass is 10.2. The third-order valence-electron chi connectivity index (χ3n) is 1.74. The van der Waals surface area contributed by atoms with E-state index in [2.05, 4.69) is 9.97 Å². The number of aromatic nitrogens is 2. The van der Waals surface area contributed by atoms with E-state index in [-0.39, 0.29) is 5.95 Å². The van der Waals surface area contributed by atoms with Gasteiger partial charge in [-0.1, -0.05) is 0 Å². The summed E-state index contributed by atoms with van der Waals surface area (Å²) in [6.07, 6.45) is 3.28. The number of aryl methyl sites for hydroxylation is 1. The Morgan fingerprint density at radius 3 is 3.00 bits per heavy atom. The number of nitrogens with zero attached hydrogens (tertiary/aromatic N) is 2. The van der Waals surface area contributed by atoms with E-state index in [1.165, 1.54) is 0 Å². The van der Waals surface area contributed by atoms with Crippen molar-refractivity contribution in [1.82, 2.24) is 9.97 Å². The first kappa shape index (κ1) is 7.79. The maximum absolute atomic E-state index is 5.47. The molecule has 0 saturated heterocycles. The van der Waals surface area contributed by atoms with Gasteiger partial charge in [0.15, 0.2) is 5.76 Å². The van der Waals surface area contributed by atoms with E-state index in [1.54, 1.807) is 12.5 Å². The van der Waals surface area contributed by atoms with Crippen LogP contribution in [0.3, 0.4) is 0 Å². The number of anilines is 1. The second-order valence-electron chi connectivity index (χ2n) is 2.74. The van der Waals surface area contributed by atoms with Crippen molar-refractivity contribution >= 4 is 5.95 Å². The minimum Gasteiger partial charge on any atom is -0.463 e. The molecule has 0 amide bonds. The molecule has 0 bridgehead atoms. The molecule has 0 atom stereocenters. The van der Waals surface area contributed by atoms with Crippen LogP contribution in [-0.2, 0) is 0 Å². The maximum atomic E-state index is 5.47. The molecule has 13 heavy (non-hydrogen) atoms. The summed E-state index contributed by atoms with van der Waals surface area (Å²) < 4.78 is 5.21. The smallest absolute Gasteiger partial charge is 0.220 e. The van der Waals surface area contributed by atoms with Crippen molar-refractivity contribution in [2.24, 2.45) is 0 Å². The van der Waals surface area contributed by atoms with Crippen LogP contribution in [-0.4, -0.2) is 9.97 Å². The lowest BCUT2D eigenvalue weighted by molar-refractivity contribution is 0.579. The largest absolute Gasteiger partial charge is 0.463 e. The summed E-state index contributed by atoms with van der Waals surface area (Å²) in [7, 11) is 0. The number of hydrogen-bond acceptors (Lipinski definition) is 4. The summed E-state index contributed by atoms with van der Waals surface area (Å²) in [6.45, 7) is 1.91. The number of nitrogen functional groups attached to an aromatic ring is 1. The van der Waals surface area contributed by atoms with Crippen molar-refractivity contribution < 1.29 is 4.42 Å². The van der Waals surface area contributed by atoms with Gasteiger partial charge in [-0.05, 0) is 24.6 Å².